The molecule has 6 heterocycles. The Labute approximate surface area is 172 Å². The second kappa shape index (κ2) is 6.65. The van der Waals surface area contributed by atoms with Crippen LogP contribution in [0.1, 0.15) is 19.3 Å². The fourth-order valence-electron chi connectivity index (χ4n) is 4.18. The van der Waals surface area contributed by atoms with Crippen LogP contribution in [0.15, 0.2) is 36.9 Å². The molecule has 1 fully saturated rings. The van der Waals surface area contributed by atoms with Crippen molar-refractivity contribution in [1.82, 2.24) is 39.9 Å². The number of piperidine rings is 1. The van der Waals surface area contributed by atoms with Gasteiger partial charge in [-0.3, -0.25) is 14.8 Å². The minimum absolute atomic E-state index is 0.728. The predicted molar refractivity (Wildman–Crippen MR) is 115 cm³/mol. The quantitative estimate of drug-likeness (QED) is 0.482. The zero-order valence-corrected chi connectivity index (χ0v) is 16.6. The van der Waals surface area contributed by atoms with Crippen LogP contribution >= 0.6 is 0 Å². The molecule has 0 aromatic carbocycles. The Morgan fingerprint density at radius 3 is 2.77 bits per heavy atom. The van der Waals surface area contributed by atoms with Gasteiger partial charge in [0, 0.05) is 43.5 Å². The van der Waals surface area contributed by atoms with Crippen LogP contribution in [-0.4, -0.2) is 53.0 Å². The van der Waals surface area contributed by atoms with Gasteiger partial charge >= 0.3 is 0 Å². The summed E-state index contributed by atoms with van der Waals surface area (Å²) in [7, 11) is 1.90. The van der Waals surface area contributed by atoms with Gasteiger partial charge in [-0.05, 0) is 31.4 Å². The second-order valence-corrected chi connectivity index (χ2v) is 7.75. The number of pyridine rings is 2. The van der Waals surface area contributed by atoms with Gasteiger partial charge in [0.05, 0.1) is 29.1 Å². The molecule has 1 aliphatic rings. The van der Waals surface area contributed by atoms with Gasteiger partial charge in [0.2, 0.25) is 0 Å². The van der Waals surface area contributed by atoms with E-state index in [-0.39, 0.29) is 0 Å². The van der Waals surface area contributed by atoms with Crippen molar-refractivity contribution >= 4 is 27.8 Å². The Kier molecular flexibility index (Phi) is 3.80. The normalized spacial score (nSPS) is 14.8. The smallest absolute Gasteiger partial charge is 0.159 e. The highest BCUT2D eigenvalue weighted by Crippen LogP contribution is 2.31. The molecule has 0 atom stereocenters. The molecular formula is C21H21N9. The zero-order chi connectivity index (χ0) is 20.1. The van der Waals surface area contributed by atoms with Crippen LogP contribution in [0.3, 0.4) is 0 Å². The summed E-state index contributed by atoms with van der Waals surface area (Å²) in [5, 5.41) is 12.8. The Bertz CT molecular complexity index is 1350. The fraction of sp³-hybridized carbons (Fsp3) is 0.286. The van der Waals surface area contributed by atoms with Gasteiger partial charge in [-0.1, -0.05) is 0 Å². The van der Waals surface area contributed by atoms with E-state index in [0.29, 0.717) is 0 Å². The van der Waals surface area contributed by atoms with E-state index in [1.165, 1.54) is 19.3 Å². The summed E-state index contributed by atoms with van der Waals surface area (Å²) < 4.78 is 1.77. The van der Waals surface area contributed by atoms with Crippen LogP contribution in [0.25, 0.3) is 44.7 Å². The SMILES string of the molecule is Cn1cc(-c2cc3c(-c4nc5c(N6CCCCC6)nccc5[nH]4)n[nH]c3cn2)cn1. The van der Waals surface area contributed by atoms with Crippen molar-refractivity contribution < 1.29 is 0 Å². The molecule has 0 bridgehead atoms. The molecule has 5 aromatic rings. The van der Waals surface area contributed by atoms with E-state index in [2.05, 4.69) is 35.1 Å². The van der Waals surface area contributed by atoms with Crippen LogP contribution in [0, 0.1) is 0 Å². The van der Waals surface area contributed by atoms with Crippen LogP contribution in [-0.2, 0) is 7.05 Å². The number of nitrogens with one attached hydrogen (secondary N) is 2. The lowest BCUT2D eigenvalue weighted by molar-refractivity contribution is 0.574. The average Bonchev–Trinajstić information content (AvgIpc) is 3.50. The molecule has 0 radical (unpaired) electrons. The maximum absolute atomic E-state index is 4.91. The number of aromatic nitrogens is 8. The minimum Gasteiger partial charge on any atom is -0.355 e. The molecule has 30 heavy (non-hydrogen) atoms. The van der Waals surface area contributed by atoms with Gasteiger partial charge in [0.25, 0.3) is 0 Å². The first kappa shape index (κ1) is 17.1. The van der Waals surface area contributed by atoms with E-state index in [1.807, 2.05) is 37.8 Å². The summed E-state index contributed by atoms with van der Waals surface area (Å²) in [6.45, 7) is 2.06. The summed E-state index contributed by atoms with van der Waals surface area (Å²) in [6.07, 6.45) is 11.1. The topological polar surface area (TPSA) is 104 Å². The van der Waals surface area contributed by atoms with Crippen molar-refractivity contribution in [3.8, 4) is 22.8 Å². The molecule has 0 amide bonds. The lowest BCUT2D eigenvalue weighted by atomic mass is 10.1. The molecule has 150 valence electrons. The number of hydrogen-bond acceptors (Lipinski definition) is 6. The molecule has 5 aromatic heterocycles. The van der Waals surface area contributed by atoms with Crippen LogP contribution in [0.4, 0.5) is 5.82 Å². The standard InChI is InChI=1S/C21H21N9/c1-29-12-13(10-24-29)16-9-14-17(11-23-16)27-28-18(14)20-25-15-5-6-22-21(19(15)26-20)30-7-3-2-4-8-30/h5-6,9-12H,2-4,7-8H2,1H3,(H,25,26)(H,27,28). The summed E-state index contributed by atoms with van der Waals surface area (Å²) in [6, 6.07) is 4.00. The Morgan fingerprint density at radius 2 is 1.93 bits per heavy atom. The minimum atomic E-state index is 0.728. The first-order valence-electron chi connectivity index (χ1n) is 10.2. The number of imidazole rings is 1. The van der Waals surface area contributed by atoms with Gasteiger partial charge in [-0.15, -0.1) is 0 Å². The summed E-state index contributed by atoms with van der Waals surface area (Å²) in [5.41, 5.74) is 5.33. The van der Waals surface area contributed by atoms with E-state index in [0.717, 1.165) is 63.6 Å². The maximum Gasteiger partial charge on any atom is 0.159 e. The highest BCUT2D eigenvalue weighted by Gasteiger charge is 2.20. The number of rotatable bonds is 3. The number of H-pyrrole nitrogens is 2. The van der Waals surface area contributed by atoms with Gasteiger partial charge in [-0.2, -0.15) is 10.2 Å². The van der Waals surface area contributed by atoms with Gasteiger partial charge < -0.3 is 9.88 Å². The molecule has 0 spiro atoms. The molecule has 0 unspecified atom stereocenters. The van der Waals surface area contributed by atoms with Crippen molar-refractivity contribution in [3.63, 3.8) is 0 Å². The van der Waals surface area contributed by atoms with Crippen LogP contribution in [0.2, 0.25) is 0 Å². The molecule has 0 saturated carbocycles. The van der Waals surface area contributed by atoms with Crippen molar-refractivity contribution in [3.05, 3.63) is 36.9 Å². The Hall–Kier alpha value is -3.75. The fourth-order valence-corrected chi connectivity index (χ4v) is 4.18. The molecule has 2 N–H and O–H groups in total. The maximum atomic E-state index is 4.91. The zero-order valence-electron chi connectivity index (χ0n) is 16.6. The summed E-state index contributed by atoms with van der Waals surface area (Å²) in [5.74, 6) is 1.68. The van der Waals surface area contributed by atoms with Gasteiger partial charge in [0.1, 0.15) is 11.2 Å². The van der Waals surface area contributed by atoms with Crippen molar-refractivity contribution in [2.45, 2.75) is 19.3 Å². The number of fused-ring (bicyclic) bond motifs is 2. The van der Waals surface area contributed by atoms with E-state index >= 15 is 0 Å². The lowest BCUT2D eigenvalue weighted by Crippen LogP contribution is -2.30. The molecule has 1 saturated heterocycles. The average molecular weight is 399 g/mol. The van der Waals surface area contributed by atoms with E-state index < -0.39 is 0 Å². The Balaban J connectivity index is 1.47. The van der Waals surface area contributed by atoms with E-state index in [1.54, 1.807) is 10.9 Å². The Morgan fingerprint density at radius 1 is 1.03 bits per heavy atom. The second-order valence-electron chi connectivity index (χ2n) is 7.75. The van der Waals surface area contributed by atoms with Crippen molar-refractivity contribution in [2.75, 3.05) is 18.0 Å². The van der Waals surface area contributed by atoms with Crippen molar-refractivity contribution in [2.24, 2.45) is 7.05 Å². The highest BCUT2D eigenvalue weighted by atomic mass is 15.2. The number of aromatic amines is 2. The molecule has 6 rings (SSSR count). The number of hydrogen-bond donors (Lipinski definition) is 2. The third-order valence-electron chi connectivity index (χ3n) is 5.71. The third-order valence-corrected chi connectivity index (χ3v) is 5.71. The number of aryl methyl sites for hydroxylation is 1. The van der Waals surface area contributed by atoms with Crippen molar-refractivity contribution in [1.29, 1.82) is 0 Å². The summed E-state index contributed by atoms with van der Waals surface area (Å²) in [4.78, 5) is 19.9. The highest BCUT2D eigenvalue weighted by molar-refractivity contribution is 5.96. The number of anilines is 1. The predicted octanol–water partition coefficient (Wildman–Crippen LogP) is 3.29. The van der Waals surface area contributed by atoms with E-state index in [9.17, 15) is 0 Å². The third kappa shape index (κ3) is 2.73. The molecule has 0 aliphatic carbocycles. The molecular weight excluding hydrogens is 378 g/mol. The monoisotopic (exact) mass is 399 g/mol. The summed E-state index contributed by atoms with van der Waals surface area (Å²) >= 11 is 0. The first-order chi connectivity index (χ1) is 14.8. The van der Waals surface area contributed by atoms with Gasteiger partial charge in [-0.25, -0.2) is 9.97 Å². The van der Waals surface area contributed by atoms with Crippen LogP contribution in [0.5, 0.6) is 0 Å². The molecule has 9 nitrogen and oxygen atoms in total. The lowest BCUT2D eigenvalue weighted by Gasteiger charge is -2.27. The van der Waals surface area contributed by atoms with Crippen LogP contribution < -0.4 is 4.90 Å². The van der Waals surface area contributed by atoms with Gasteiger partial charge in [0.15, 0.2) is 11.6 Å². The number of nitrogens with zero attached hydrogens (tertiary/aromatic N) is 7. The largest absolute Gasteiger partial charge is 0.355 e. The molecule has 9 heteroatoms. The van der Waals surface area contributed by atoms with E-state index in [4.69, 9.17) is 4.98 Å². The first-order valence-corrected chi connectivity index (χ1v) is 10.2. The molecule has 1 aliphatic heterocycles.